The van der Waals surface area contributed by atoms with E-state index in [4.69, 9.17) is 0 Å². The van der Waals surface area contributed by atoms with Gasteiger partial charge in [-0.2, -0.15) is 0 Å². The predicted octanol–water partition coefficient (Wildman–Crippen LogP) is 1.76. The normalized spacial score (nSPS) is 23.2. The van der Waals surface area contributed by atoms with Gasteiger partial charge in [0.25, 0.3) is 0 Å². The summed E-state index contributed by atoms with van der Waals surface area (Å²) in [6, 6.07) is 1.35. The van der Waals surface area contributed by atoms with Crippen molar-refractivity contribution in [2.75, 3.05) is 13.1 Å². The van der Waals surface area contributed by atoms with E-state index in [1.807, 2.05) is 13.8 Å². The van der Waals surface area contributed by atoms with Crippen LogP contribution >= 0.6 is 0 Å². The summed E-state index contributed by atoms with van der Waals surface area (Å²) in [5.74, 6) is 0. The molecule has 1 unspecified atom stereocenters. The van der Waals surface area contributed by atoms with Crippen molar-refractivity contribution in [1.82, 2.24) is 10.6 Å². The van der Waals surface area contributed by atoms with Gasteiger partial charge in [0.05, 0.1) is 0 Å². The highest BCUT2D eigenvalue weighted by Crippen LogP contribution is 2.01. The molecule has 0 aliphatic carbocycles. The Morgan fingerprint density at radius 2 is 2.00 bits per heavy atom. The number of rotatable bonds is 2. The van der Waals surface area contributed by atoms with Crippen molar-refractivity contribution >= 4 is 0 Å². The summed E-state index contributed by atoms with van der Waals surface area (Å²) in [4.78, 5) is 0. The number of hydrogen-bond acceptors (Lipinski definition) is 2. The molecule has 1 saturated heterocycles. The molecule has 1 rings (SSSR count). The Bertz CT molecular complexity index is 85.8. The van der Waals surface area contributed by atoms with Gasteiger partial charge < -0.3 is 10.6 Å². The third kappa shape index (κ3) is 5.56. The van der Waals surface area contributed by atoms with Crippen molar-refractivity contribution in [3.8, 4) is 0 Å². The molecule has 1 heterocycles. The SMILES string of the molecule is CC.CC(C)NC1CCCNC1. The molecule has 2 heteroatoms. The summed E-state index contributed by atoms with van der Waals surface area (Å²) in [5.41, 5.74) is 0. The maximum Gasteiger partial charge on any atom is 0.0195 e. The van der Waals surface area contributed by atoms with Crippen LogP contribution in [0.25, 0.3) is 0 Å². The van der Waals surface area contributed by atoms with Crippen LogP contribution in [0, 0.1) is 0 Å². The van der Waals surface area contributed by atoms with Gasteiger partial charge in [0, 0.05) is 18.6 Å². The van der Waals surface area contributed by atoms with Crippen molar-refractivity contribution in [1.29, 1.82) is 0 Å². The minimum atomic E-state index is 0.630. The van der Waals surface area contributed by atoms with E-state index in [9.17, 15) is 0 Å². The van der Waals surface area contributed by atoms with Gasteiger partial charge in [0.15, 0.2) is 0 Å². The van der Waals surface area contributed by atoms with E-state index in [2.05, 4.69) is 24.5 Å². The molecule has 0 spiro atoms. The zero-order valence-electron chi connectivity index (χ0n) is 8.98. The Morgan fingerprint density at radius 1 is 1.33 bits per heavy atom. The molecule has 1 aliphatic rings. The quantitative estimate of drug-likeness (QED) is 0.663. The van der Waals surface area contributed by atoms with Crippen molar-refractivity contribution in [2.45, 2.75) is 52.6 Å². The lowest BCUT2D eigenvalue weighted by Crippen LogP contribution is -2.45. The van der Waals surface area contributed by atoms with Gasteiger partial charge in [-0.1, -0.05) is 27.7 Å². The number of hydrogen-bond donors (Lipinski definition) is 2. The molecule has 1 fully saturated rings. The maximum atomic E-state index is 3.52. The van der Waals surface area contributed by atoms with E-state index in [0.717, 1.165) is 6.54 Å². The molecule has 0 aromatic rings. The molecule has 0 aromatic carbocycles. The fraction of sp³-hybridized carbons (Fsp3) is 1.00. The topological polar surface area (TPSA) is 24.1 Å². The summed E-state index contributed by atoms with van der Waals surface area (Å²) in [7, 11) is 0. The zero-order valence-corrected chi connectivity index (χ0v) is 8.98. The van der Waals surface area contributed by atoms with Gasteiger partial charge in [-0.05, 0) is 19.4 Å². The van der Waals surface area contributed by atoms with E-state index in [1.165, 1.54) is 19.4 Å². The molecule has 12 heavy (non-hydrogen) atoms. The molecule has 2 N–H and O–H groups in total. The molecule has 0 aromatic heterocycles. The monoisotopic (exact) mass is 172 g/mol. The molecule has 0 saturated carbocycles. The Hall–Kier alpha value is -0.0800. The Morgan fingerprint density at radius 3 is 2.42 bits per heavy atom. The molecule has 0 bridgehead atoms. The highest BCUT2D eigenvalue weighted by Gasteiger charge is 2.12. The average molecular weight is 172 g/mol. The van der Waals surface area contributed by atoms with Crippen molar-refractivity contribution in [3.05, 3.63) is 0 Å². The largest absolute Gasteiger partial charge is 0.315 e. The summed E-state index contributed by atoms with van der Waals surface area (Å²) >= 11 is 0. The second kappa shape index (κ2) is 7.56. The van der Waals surface area contributed by atoms with Gasteiger partial charge in [0.1, 0.15) is 0 Å². The predicted molar refractivity (Wildman–Crippen MR) is 55.5 cm³/mol. The lowest BCUT2D eigenvalue weighted by Gasteiger charge is -2.25. The summed E-state index contributed by atoms with van der Waals surface area (Å²) in [5, 5.41) is 6.90. The Labute approximate surface area is 77.1 Å². The minimum Gasteiger partial charge on any atom is -0.315 e. The summed E-state index contributed by atoms with van der Waals surface area (Å²) in [6.45, 7) is 10.8. The minimum absolute atomic E-state index is 0.630. The van der Waals surface area contributed by atoms with Crippen molar-refractivity contribution in [3.63, 3.8) is 0 Å². The lowest BCUT2D eigenvalue weighted by molar-refractivity contribution is 0.367. The van der Waals surface area contributed by atoms with Crippen LogP contribution in [0.4, 0.5) is 0 Å². The third-order valence-corrected chi connectivity index (χ3v) is 1.87. The van der Waals surface area contributed by atoms with Gasteiger partial charge in [0.2, 0.25) is 0 Å². The van der Waals surface area contributed by atoms with Gasteiger partial charge in [-0.15, -0.1) is 0 Å². The first-order valence-corrected chi connectivity index (χ1v) is 5.26. The molecule has 1 atom stereocenters. The van der Waals surface area contributed by atoms with Crippen LogP contribution in [0.3, 0.4) is 0 Å². The summed E-state index contributed by atoms with van der Waals surface area (Å²) < 4.78 is 0. The van der Waals surface area contributed by atoms with Gasteiger partial charge >= 0.3 is 0 Å². The highest BCUT2D eigenvalue weighted by atomic mass is 15.0. The van der Waals surface area contributed by atoms with Gasteiger partial charge in [-0.25, -0.2) is 0 Å². The van der Waals surface area contributed by atoms with Crippen LogP contribution in [-0.4, -0.2) is 25.2 Å². The van der Waals surface area contributed by atoms with E-state index in [-0.39, 0.29) is 0 Å². The summed E-state index contributed by atoms with van der Waals surface area (Å²) in [6.07, 6.45) is 2.66. The first-order chi connectivity index (χ1) is 5.79. The Kier molecular flexibility index (Phi) is 7.51. The number of piperidine rings is 1. The lowest BCUT2D eigenvalue weighted by atomic mass is 10.1. The second-order valence-corrected chi connectivity index (χ2v) is 3.36. The molecule has 2 nitrogen and oxygen atoms in total. The van der Waals surface area contributed by atoms with Crippen LogP contribution in [0.2, 0.25) is 0 Å². The maximum absolute atomic E-state index is 3.52. The van der Waals surface area contributed by atoms with Crippen LogP contribution in [-0.2, 0) is 0 Å². The smallest absolute Gasteiger partial charge is 0.0195 e. The van der Waals surface area contributed by atoms with E-state index in [1.54, 1.807) is 0 Å². The first-order valence-electron chi connectivity index (χ1n) is 5.26. The molecule has 1 aliphatic heterocycles. The molecule has 74 valence electrons. The fourth-order valence-corrected chi connectivity index (χ4v) is 1.47. The first kappa shape index (κ1) is 11.9. The highest BCUT2D eigenvalue weighted by molar-refractivity contribution is 4.75. The van der Waals surface area contributed by atoms with Gasteiger partial charge in [-0.3, -0.25) is 0 Å². The molecule has 0 amide bonds. The number of nitrogens with one attached hydrogen (secondary N) is 2. The standard InChI is InChI=1S/C8H18N2.C2H6/c1-7(2)10-8-4-3-5-9-6-8;1-2/h7-10H,3-6H2,1-2H3;1-2H3. The average Bonchev–Trinajstić information content (AvgIpc) is 2.08. The fourth-order valence-electron chi connectivity index (χ4n) is 1.47. The third-order valence-electron chi connectivity index (χ3n) is 1.87. The van der Waals surface area contributed by atoms with E-state index >= 15 is 0 Å². The van der Waals surface area contributed by atoms with Crippen LogP contribution < -0.4 is 10.6 Å². The second-order valence-electron chi connectivity index (χ2n) is 3.36. The van der Waals surface area contributed by atoms with E-state index in [0.29, 0.717) is 12.1 Å². The van der Waals surface area contributed by atoms with Crippen LogP contribution in [0.1, 0.15) is 40.5 Å². The van der Waals surface area contributed by atoms with Crippen LogP contribution in [0.15, 0.2) is 0 Å². The van der Waals surface area contributed by atoms with Crippen molar-refractivity contribution < 1.29 is 0 Å². The van der Waals surface area contributed by atoms with Crippen molar-refractivity contribution in [2.24, 2.45) is 0 Å². The zero-order chi connectivity index (χ0) is 9.40. The van der Waals surface area contributed by atoms with E-state index < -0.39 is 0 Å². The Balaban J connectivity index is 0.000000561. The van der Waals surface area contributed by atoms with Crippen LogP contribution in [0.5, 0.6) is 0 Å². The molecular weight excluding hydrogens is 148 g/mol. The molecule has 0 radical (unpaired) electrons. The molecular formula is C10H24N2.